The minimum Gasteiger partial charge on any atom is -0.493 e. The molecule has 0 aliphatic heterocycles. The van der Waals surface area contributed by atoms with E-state index in [0.717, 1.165) is 5.56 Å². The van der Waals surface area contributed by atoms with E-state index < -0.39 is 5.97 Å². The van der Waals surface area contributed by atoms with Crippen molar-refractivity contribution >= 4 is 12.0 Å². The second kappa shape index (κ2) is 9.14. The smallest absolute Gasteiger partial charge is 0.348 e. The maximum Gasteiger partial charge on any atom is 0.348 e. The molecule has 0 saturated heterocycles. The molecule has 5 nitrogen and oxygen atoms in total. The van der Waals surface area contributed by atoms with Gasteiger partial charge in [-0.2, -0.15) is 5.26 Å². The molecule has 0 N–H and O–H groups in total. The monoisotopic (exact) mass is 337 g/mol. The zero-order chi connectivity index (χ0) is 18.1. The molecule has 0 aliphatic carbocycles. The van der Waals surface area contributed by atoms with Gasteiger partial charge in [0.05, 0.1) is 13.7 Å². The first kappa shape index (κ1) is 18.1. The first-order valence-electron chi connectivity index (χ1n) is 7.81. The number of carbonyl (C=O) groups is 1. The third kappa shape index (κ3) is 5.11. The van der Waals surface area contributed by atoms with E-state index in [1.807, 2.05) is 36.4 Å². The van der Waals surface area contributed by atoms with Gasteiger partial charge in [0.15, 0.2) is 11.5 Å². The van der Waals surface area contributed by atoms with Crippen LogP contribution in [-0.2, 0) is 16.1 Å². The van der Waals surface area contributed by atoms with Crippen molar-refractivity contribution < 1.29 is 19.0 Å². The van der Waals surface area contributed by atoms with Crippen molar-refractivity contribution in [2.24, 2.45) is 0 Å². The van der Waals surface area contributed by atoms with Crippen molar-refractivity contribution in [1.82, 2.24) is 0 Å². The highest BCUT2D eigenvalue weighted by Gasteiger charge is 2.11. The Balaban J connectivity index is 2.18. The molecule has 0 aromatic heterocycles. The molecule has 2 rings (SSSR count). The lowest BCUT2D eigenvalue weighted by molar-refractivity contribution is -0.137. The first-order chi connectivity index (χ1) is 12.2. The van der Waals surface area contributed by atoms with E-state index in [2.05, 4.69) is 0 Å². The lowest BCUT2D eigenvalue weighted by Gasteiger charge is -2.11. The normalized spacial score (nSPS) is 10.7. The summed E-state index contributed by atoms with van der Waals surface area (Å²) in [5, 5.41) is 9.10. The van der Waals surface area contributed by atoms with Crippen LogP contribution in [0.2, 0.25) is 0 Å². The second-order valence-electron chi connectivity index (χ2n) is 5.07. The van der Waals surface area contributed by atoms with Crippen LogP contribution in [0.25, 0.3) is 6.08 Å². The standard InChI is InChI=1S/C20H19NO4/c1-3-24-20(22)17(13-21)11-16-9-10-18(19(12-16)23-2)25-14-15-7-5-4-6-8-15/h4-12H,3,14H2,1-2H3. The number of rotatable bonds is 7. The molecule has 128 valence electrons. The van der Waals surface area contributed by atoms with Gasteiger partial charge in [0.2, 0.25) is 0 Å². The molecule has 0 atom stereocenters. The minimum atomic E-state index is -0.645. The SMILES string of the molecule is CCOC(=O)C(C#N)=Cc1ccc(OCc2ccccc2)c(OC)c1. The highest BCUT2D eigenvalue weighted by molar-refractivity contribution is 5.97. The summed E-state index contributed by atoms with van der Waals surface area (Å²) < 4.78 is 16.0. The summed E-state index contributed by atoms with van der Waals surface area (Å²) in [6, 6.07) is 16.8. The Morgan fingerprint density at radius 2 is 1.92 bits per heavy atom. The number of hydrogen-bond donors (Lipinski definition) is 0. The molecule has 0 spiro atoms. The molecule has 0 heterocycles. The summed E-state index contributed by atoms with van der Waals surface area (Å²) >= 11 is 0. The van der Waals surface area contributed by atoms with E-state index in [9.17, 15) is 4.79 Å². The molecule has 25 heavy (non-hydrogen) atoms. The number of nitrogens with zero attached hydrogens (tertiary/aromatic N) is 1. The molecule has 0 radical (unpaired) electrons. The minimum absolute atomic E-state index is 0.0677. The Kier molecular flexibility index (Phi) is 6.61. The molecule has 0 bridgehead atoms. The third-order valence-corrected chi connectivity index (χ3v) is 3.35. The average Bonchev–Trinajstić information content (AvgIpc) is 2.65. The topological polar surface area (TPSA) is 68.6 Å². The van der Waals surface area contributed by atoms with Crippen LogP contribution in [-0.4, -0.2) is 19.7 Å². The number of carbonyl (C=O) groups excluding carboxylic acids is 1. The summed E-state index contributed by atoms with van der Waals surface area (Å²) in [5.41, 5.74) is 1.62. The number of benzene rings is 2. The lowest BCUT2D eigenvalue weighted by Crippen LogP contribution is -2.06. The van der Waals surface area contributed by atoms with Crippen molar-refractivity contribution in [3.05, 3.63) is 65.2 Å². The van der Waals surface area contributed by atoms with Crippen LogP contribution < -0.4 is 9.47 Å². The van der Waals surface area contributed by atoms with E-state index in [1.54, 1.807) is 25.1 Å². The van der Waals surface area contributed by atoms with Gasteiger partial charge in [-0.3, -0.25) is 0 Å². The Morgan fingerprint density at radius 3 is 2.56 bits per heavy atom. The number of hydrogen-bond acceptors (Lipinski definition) is 5. The van der Waals surface area contributed by atoms with Crippen molar-refractivity contribution in [2.45, 2.75) is 13.5 Å². The van der Waals surface area contributed by atoms with Crippen LogP contribution in [0.4, 0.5) is 0 Å². The number of nitriles is 1. The molecule has 5 heteroatoms. The first-order valence-corrected chi connectivity index (χ1v) is 7.81. The second-order valence-corrected chi connectivity index (χ2v) is 5.07. The van der Waals surface area contributed by atoms with Crippen LogP contribution in [0.3, 0.4) is 0 Å². The van der Waals surface area contributed by atoms with Crippen molar-refractivity contribution in [1.29, 1.82) is 5.26 Å². The predicted molar refractivity (Wildman–Crippen MR) is 94.0 cm³/mol. The van der Waals surface area contributed by atoms with Crippen LogP contribution in [0, 0.1) is 11.3 Å². The quantitative estimate of drug-likeness (QED) is 0.437. The van der Waals surface area contributed by atoms with Crippen LogP contribution in [0.15, 0.2) is 54.1 Å². The largest absolute Gasteiger partial charge is 0.493 e. The fourth-order valence-electron chi connectivity index (χ4n) is 2.14. The maximum atomic E-state index is 11.7. The van der Waals surface area contributed by atoms with Gasteiger partial charge in [0, 0.05) is 0 Å². The van der Waals surface area contributed by atoms with E-state index in [4.69, 9.17) is 19.5 Å². The number of methoxy groups -OCH3 is 1. The summed E-state index contributed by atoms with van der Waals surface area (Å²) in [5.74, 6) is 0.456. The Morgan fingerprint density at radius 1 is 1.16 bits per heavy atom. The average molecular weight is 337 g/mol. The van der Waals surface area contributed by atoms with Gasteiger partial charge in [-0.1, -0.05) is 36.4 Å². The fraction of sp³-hybridized carbons (Fsp3) is 0.200. The Hall–Kier alpha value is -3.26. The predicted octanol–water partition coefficient (Wildman–Crippen LogP) is 3.74. The summed E-state index contributed by atoms with van der Waals surface area (Å²) in [6.07, 6.45) is 1.46. The van der Waals surface area contributed by atoms with Crippen molar-refractivity contribution in [3.8, 4) is 17.6 Å². The van der Waals surface area contributed by atoms with Gasteiger partial charge < -0.3 is 14.2 Å². The Bertz CT molecular complexity index is 791. The van der Waals surface area contributed by atoms with E-state index in [-0.39, 0.29) is 12.2 Å². The van der Waals surface area contributed by atoms with Gasteiger partial charge in [0.1, 0.15) is 18.2 Å². The van der Waals surface area contributed by atoms with Gasteiger partial charge in [-0.25, -0.2) is 4.79 Å². The molecule has 2 aromatic carbocycles. The van der Waals surface area contributed by atoms with Gasteiger partial charge in [0.25, 0.3) is 0 Å². The van der Waals surface area contributed by atoms with Crippen molar-refractivity contribution in [2.75, 3.05) is 13.7 Å². The van der Waals surface area contributed by atoms with E-state index in [1.165, 1.54) is 13.2 Å². The highest BCUT2D eigenvalue weighted by atomic mass is 16.5. The maximum absolute atomic E-state index is 11.7. The zero-order valence-electron chi connectivity index (χ0n) is 14.2. The third-order valence-electron chi connectivity index (χ3n) is 3.35. The van der Waals surface area contributed by atoms with Crippen LogP contribution in [0.1, 0.15) is 18.1 Å². The van der Waals surface area contributed by atoms with Crippen LogP contribution in [0.5, 0.6) is 11.5 Å². The van der Waals surface area contributed by atoms with Gasteiger partial charge in [-0.15, -0.1) is 0 Å². The fourth-order valence-corrected chi connectivity index (χ4v) is 2.14. The van der Waals surface area contributed by atoms with Crippen molar-refractivity contribution in [3.63, 3.8) is 0 Å². The summed E-state index contributed by atoms with van der Waals surface area (Å²) in [6.45, 7) is 2.32. The molecule has 0 fully saturated rings. The highest BCUT2D eigenvalue weighted by Crippen LogP contribution is 2.29. The molecule has 0 unspecified atom stereocenters. The van der Waals surface area contributed by atoms with Crippen LogP contribution >= 0.6 is 0 Å². The lowest BCUT2D eigenvalue weighted by atomic mass is 10.1. The van der Waals surface area contributed by atoms with Gasteiger partial charge in [-0.05, 0) is 36.3 Å². The molecule has 0 amide bonds. The van der Waals surface area contributed by atoms with Gasteiger partial charge >= 0.3 is 5.97 Å². The molecule has 0 aliphatic rings. The number of esters is 1. The Labute approximate surface area is 147 Å². The molecular formula is C20H19NO4. The zero-order valence-corrected chi connectivity index (χ0v) is 14.2. The van der Waals surface area contributed by atoms with E-state index >= 15 is 0 Å². The molecule has 2 aromatic rings. The van der Waals surface area contributed by atoms with E-state index in [0.29, 0.717) is 23.7 Å². The number of ether oxygens (including phenoxy) is 3. The molecule has 0 saturated carbocycles. The molecular weight excluding hydrogens is 318 g/mol. The summed E-state index contributed by atoms with van der Waals surface area (Å²) in [7, 11) is 1.54. The summed E-state index contributed by atoms with van der Waals surface area (Å²) in [4.78, 5) is 11.7.